The Morgan fingerprint density at radius 1 is 1.03 bits per heavy atom. The lowest BCUT2D eigenvalue weighted by atomic mass is 10.2. The number of nitrogens with zero attached hydrogens (tertiary/aromatic N) is 2. The number of benzene rings is 3. The van der Waals surface area contributed by atoms with Gasteiger partial charge in [-0.25, -0.2) is 17.8 Å². The molecule has 184 valence electrons. The molecule has 0 bridgehead atoms. The molecule has 10 nitrogen and oxygen atoms in total. The van der Waals surface area contributed by atoms with E-state index in [0.717, 1.165) is 16.3 Å². The SMILES string of the molecule is COc1ccc(-n2c(O)c(C=Nc3ccc(S(=O)(=O)Nc4cccc(C)c4)cc3)c(=O)[nH]c2=O)cc1. The number of aromatic nitrogens is 2. The number of nitrogens with one attached hydrogen (secondary N) is 2. The van der Waals surface area contributed by atoms with E-state index in [1.807, 2.05) is 13.0 Å². The molecule has 3 N–H and O–H groups in total. The van der Waals surface area contributed by atoms with Gasteiger partial charge >= 0.3 is 5.69 Å². The Balaban J connectivity index is 1.60. The third-order valence-corrected chi connectivity index (χ3v) is 6.61. The molecule has 0 amide bonds. The van der Waals surface area contributed by atoms with Gasteiger partial charge < -0.3 is 9.84 Å². The van der Waals surface area contributed by atoms with Crippen molar-refractivity contribution >= 4 is 27.6 Å². The number of aliphatic imine (C=N–C) groups is 1. The monoisotopic (exact) mass is 506 g/mol. The Kier molecular flexibility index (Phi) is 6.75. The molecule has 1 aromatic heterocycles. The third kappa shape index (κ3) is 5.20. The van der Waals surface area contributed by atoms with Crippen LogP contribution in [0, 0.1) is 6.92 Å². The molecular formula is C25H22N4O6S. The van der Waals surface area contributed by atoms with Crippen LogP contribution in [-0.4, -0.2) is 36.4 Å². The van der Waals surface area contributed by atoms with Gasteiger partial charge in [0.25, 0.3) is 15.6 Å². The van der Waals surface area contributed by atoms with Crippen LogP contribution in [0.15, 0.2) is 92.3 Å². The van der Waals surface area contributed by atoms with Crippen LogP contribution in [0.3, 0.4) is 0 Å². The topological polar surface area (TPSA) is 143 Å². The minimum atomic E-state index is -3.82. The average Bonchev–Trinajstić information content (AvgIpc) is 2.84. The Labute approximate surface area is 206 Å². The maximum Gasteiger partial charge on any atom is 0.335 e. The van der Waals surface area contributed by atoms with E-state index >= 15 is 0 Å². The second-order valence-corrected chi connectivity index (χ2v) is 9.44. The van der Waals surface area contributed by atoms with Crippen LogP contribution >= 0.6 is 0 Å². The smallest absolute Gasteiger partial charge is 0.335 e. The Hall–Kier alpha value is -4.64. The van der Waals surface area contributed by atoms with Crippen molar-refractivity contribution in [2.75, 3.05) is 11.8 Å². The second kappa shape index (κ2) is 9.92. The highest BCUT2D eigenvalue weighted by Crippen LogP contribution is 2.22. The molecule has 4 rings (SSSR count). The lowest BCUT2D eigenvalue weighted by molar-refractivity contribution is 0.414. The van der Waals surface area contributed by atoms with Crippen molar-refractivity contribution in [3.05, 3.63) is 105 Å². The van der Waals surface area contributed by atoms with Gasteiger partial charge in [-0.2, -0.15) is 0 Å². The molecule has 0 atom stereocenters. The van der Waals surface area contributed by atoms with Gasteiger partial charge in [0.15, 0.2) is 0 Å². The van der Waals surface area contributed by atoms with Crippen molar-refractivity contribution in [1.29, 1.82) is 0 Å². The number of aryl methyl sites for hydroxylation is 1. The van der Waals surface area contributed by atoms with Gasteiger partial charge in [-0.05, 0) is 73.2 Å². The molecule has 0 fully saturated rings. The van der Waals surface area contributed by atoms with Crippen LogP contribution in [0.2, 0.25) is 0 Å². The van der Waals surface area contributed by atoms with E-state index in [-0.39, 0.29) is 10.5 Å². The summed E-state index contributed by atoms with van der Waals surface area (Å²) in [5, 5.41) is 10.7. The Morgan fingerprint density at radius 2 is 1.72 bits per heavy atom. The first kappa shape index (κ1) is 24.5. The summed E-state index contributed by atoms with van der Waals surface area (Å²) in [6.07, 6.45) is 1.10. The summed E-state index contributed by atoms with van der Waals surface area (Å²) in [6.45, 7) is 1.86. The molecule has 0 aliphatic heterocycles. The van der Waals surface area contributed by atoms with Crippen molar-refractivity contribution in [2.45, 2.75) is 11.8 Å². The zero-order chi connectivity index (χ0) is 25.9. The van der Waals surface area contributed by atoms with Gasteiger partial charge in [0.2, 0.25) is 5.88 Å². The summed E-state index contributed by atoms with van der Waals surface area (Å²) < 4.78 is 33.9. The summed E-state index contributed by atoms with van der Waals surface area (Å²) in [5.74, 6) is -0.0451. The average molecular weight is 507 g/mol. The molecule has 0 radical (unpaired) electrons. The fourth-order valence-electron chi connectivity index (χ4n) is 3.40. The molecule has 11 heteroatoms. The molecule has 3 aromatic carbocycles. The minimum absolute atomic E-state index is 0.0247. The van der Waals surface area contributed by atoms with E-state index in [0.29, 0.717) is 22.8 Å². The van der Waals surface area contributed by atoms with Gasteiger partial charge in [0.05, 0.1) is 23.4 Å². The highest BCUT2D eigenvalue weighted by atomic mass is 32.2. The van der Waals surface area contributed by atoms with Crippen molar-refractivity contribution in [1.82, 2.24) is 9.55 Å². The first-order chi connectivity index (χ1) is 17.2. The summed E-state index contributed by atoms with van der Waals surface area (Å²) in [5.41, 5.74) is 0.0897. The first-order valence-corrected chi connectivity index (χ1v) is 12.1. The van der Waals surface area contributed by atoms with E-state index in [1.165, 1.54) is 31.4 Å². The zero-order valence-corrected chi connectivity index (χ0v) is 20.1. The van der Waals surface area contributed by atoms with E-state index < -0.39 is 27.2 Å². The van der Waals surface area contributed by atoms with Crippen molar-refractivity contribution in [2.24, 2.45) is 4.99 Å². The number of H-pyrrole nitrogens is 1. The number of hydrogen-bond donors (Lipinski definition) is 3. The highest BCUT2D eigenvalue weighted by molar-refractivity contribution is 7.92. The molecule has 0 saturated carbocycles. The number of sulfonamides is 1. The van der Waals surface area contributed by atoms with Crippen molar-refractivity contribution in [3.8, 4) is 17.3 Å². The van der Waals surface area contributed by atoms with Crippen LogP contribution in [0.5, 0.6) is 11.6 Å². The molecule has 36 heavy (non-hydrogen) atoms. The van der Waals surface area contributed by atoms with Gasteiger partial charge in [-0.3, -0.25) is 19.5 Å². The standard InChI is InChI=1S/C25H22N4O6S/c1-16-4-3-5-18(14-16)28-36(33,34)21-12-6-17(7-13-21)26-15-22-23(30)27-25(32)29(24(22)31)19-8-10-20(35-2)11-9-19/h3-15,28,31H,1-2H3,(H,27,30,32). The number of anilines is 1. The lowest BCUT2D eigenvalue weighted by Crippen LogP contribution is -2.31. The molecule has 0 saturated heterocycles. The molecule has 0 aliphatic carbocycles. The number of aromatic hydroxyl groups is 1. The number of ether oxygens (including phenoxy) is 1. The van der Waals surface area contributed by atoms with Crippen LogP contribution in [0.25, 0.3) is 5.69 Å². The van der Waals surface area contributed by atoms with Crippen LogP contribution in [0.4, 0.5) is 11.4 Å². The molecule has 0 spiro atoms. The first-order valence-electron chi connectivity index (χ1n) is 10.6. The van der Waals surface area contributed by atoms with Gasteiger partial charge in [0.1, 0.15) is 11.3 Å². The Bertz CT molecular complexity index is 1660. The number of hydrogen-bond acceptors (Lipinski definition) is 7. The maximum absolute atomic E-state index is 12.7. The number of methoxy groups -OCH3 is 1. The van der Waals surface area contributed by atoms with Gasteiger partial charge in [-0.1, -0.05) is 12.1 Å². The minimum Gasteiger partial charge on any atom is -0.497 e. The number of rotatable bonds is 7. The summed E-state index contributed by atoms with van der Waals surface area (Å²) in [4.78, 5) is 31.0. The normalized spacial score (nSPS) is 11.5. The van der Waals surface area contributed by atoms with Crippen molar-refractivity contribution < 1.29 is 18.3 Å². The Morgan fingerprint density at radius 3 is 2.36 bits per heavy atom. The third-order valence-electron chi connectivity index (χ3n) is 5.21. The van der Waals surface area contributed by atoms with Crippen LogP contribution in [0.1, 0.15) is 11.1 Å². The maximum atomic E-state index is 12.7. The fourth-order valence-corrected chi connectivity index (χ4v) is 4.45. The molecule has 0 unspecified atom stereocenters. The largest absolute Gasteiger partial charge is 0.497 e. The second-order valence-electron chi connectivity index (χ2n) is 7.76. The van der Waals surface area contributed by atoms with E-state index in [4.69, 9.17) is 4.74 Å². The van der Waals surface area contributed by atoms with Gasteiger partial charge in [-0.15, -0.1) is 0 Å². The summed E-state index contributed by atoms with van der Waals surface area (Å²) in [7, 11) is -2.32. The van der Waals surface area contributed by atoms with E-state index in [9.17, 15) is 23.1 Å². The lowest BCUT2D eigenvalue weighted by Gasteiger charge is -2.10. The quantitative estimate of drug-likeness (QED) is 0.329. The predicted molar refractivity (Wildman–Crippen MR) is 137 cm³/mol. The van der Waals surface area contributed by atoms with Crippen LogP contribution in [-0.2, 0) is 10.0 Å². The molecule has 1 heterocycles. The van der Waals surface area contributed by atoms with E-state index in [1.54, 1.807) is 42.5 Å². The fraction of sp³-hybridized carbons (Fsp3) is 0.0800. The molecule has 4 aromatic rings. The van der Waals surface area contributed by atoms with Gasteiger partial charge in [0, 0.05) is 11.9 Å². The summed E-state index contributed by atoms with van der Waals surface area (Å²) >= 11 is 0. The van der Waals surface area contributed by atoms with Crippen molar-refractivity contribution in [3.63, 3.8) is 0 Å². The predicted octanol–water partition coefficient (Wildman–Crippen LogP) is 3.10. The van der Waals surface area contributed by atoms with Crippen LogP contribution < -0.4 is 20.7 Å². The summed E-state index contributed by atoms with van der Waals surface area (Å²) in [6, 6.07) is 18.9. The number of aromatic amines is 1. The van der Waals surface area contributed by atoms with E-state index in [2.05, 4.69) is 14.7 Å². The molecule has 0 aliphatic rings. The zero-order valence-electron chi connectivity index (χ0n) is 19.3. The highest BCUT2D eigenvalue weighted by Gasteiger charge is 2.16. The molecular weight excluding hydrogens is 484 g/mol.